The van der Waals surface area contributed by atoms with E-state index in [9.17, 15) is 15.0 Å². The highest BCUT2D eigenvalue weighted by Crippen LogP contribution is 2.31. The maximum atomic E-state index is 10.7. The highest BCUT2D eigenvalue weighted by molar-refractivity contribution is 5.77. The lowest BCUT2D eigenvalue weighted by Crippen LogP contribution is -2.13. The molecule has 1 aromatic carbocycles. The van der Waals surface area contributed by atoms with Crippen molar-refractivity contribution < 1.29 is 15.0 Å². The molecule has 0 aliphatic carbocycles. The summed E-state index contributed by atoms with van der Waals surface area (Å²) in [7, 11) is 0. The molecule has 0 aliphatic heterocycles. The van der Waals surface area contributed by atoms with E-state index in [1.165, 1.54) is 12.1 Å². The Bertz CT molecular complexity index is 374. The second kappa shape index (κ2) is 4.68. The molecule has 0 heterocycles. The van der Waals surface area contributed by atoms with Gasteiger partial charge in [-0.3, -0.25) is 4.79 Å². The Morgan fingerprint density at radius 1 is 1.40 bits per heavy atom. The molecule has 1 aromatic rings. The topological polar surface area (TPSA) is 83.5 Å². The van der Waals surface area contributed by atoms with Gasteiger partial charge in [0, 0.05) is 11.1 Å². The first kappa shape index (κ1) is 11.4. The van der Waals surface area contributed by atoms with Crippen LogP contribution >= 0.6 is 0 Å². The van der Waals surface area contributed by atoms with Crippen LogP contribution in [0.3, 0.4) is 0 Å². The summed E-state index contributed by atoms with van der Waals surface area (Å²) in [5, 5.41) is 19.3. The van der Waals surface area contributed by atoms with Crippen LogP contribution in [0.4, 0.5) is 0 Å². The molecule has 4 N–H and O–H groups in total. The van der Waals surface area contributed by atoms with Crippen molar-refractivity contribution in [3.05, 3.63) is 23.3 Å². The summed E-state index contributed by atoms with van der Waals surface area (Å²) in [6, 6.07) is 2.98. The third-order valence-corrected chi connectivity index (χ3v) is 2.21. The van der Waals surface area contributed by atoms with Crippen LogP contribution in [0.5, 0.6) is 11.5 Å². The lowest BCUT2D eigenvalue weighted by molar-refractivity contribution is -0.117. The summed E-state index contributed by atoms with van der Waals surface area (Å²) < 4.78 is 0. The van der Waals surface area contributed by atoms with Gasteiger partial charge in [-0.1, -0.05) is 19.4 Å². The number of aromatic hydroxyl groups is 2. The Balaban J connectivity index is 3.09. The molecule has 0 radical (unpaired) electrons. The van der Waals surface area contributed by atoms with Crippen LogP contribution in [0, 0.1) is 0 Å². The van der Waals surface area contributed by atoms with Crippen molar-refractivity contribution >= 4 is 5.91 Å². The molecule has 4 nitrogen and oxygen atoms in total. The number of carbonyl (C=O) groups excluding carboxylic acids is 1. The van der Waals surface area contributed by atoms with Gasteiger partial charge in [0.05, 0.1) is 6.42 Å². The Labute approximate surface area is 88.3 Å². The molecular weight excluding hydrogens is 194 g/mol. The second-order valence-corrected chi connectivity index (χ2v) is 3.46. The lowest BCUT2D eigenvalue weighted by atomic mass is 10.0. The van der Waals surface area contributed by atoms with Crippen molar-refractivity contribution in [1.82, 2.24) is 0 Å². The first-order valence-corrected chi connectivity index (χ1v) is 4.87. The number of nitrogens with two attached hydrogens (primary N) is 1. The summed E-state index contributed by atoms with van der Waals surface area (Å²) in [5.41, 5.74) is 5.99. The van der Waals surface area contributed by atoms with Crippen LogP contribution in [-0.4, -0.2) is 16.1 Å². The van der Waals surface area contributed by atoms with Crippen LogP contribution in [-0.2, 0) is 17.6 Å². The number of rotatable bonds is 4. The van der Waals surface area contributed by atoms with Gasteiger partial charge in [-0.05, 0) is 12.5 Å². The Morgan fingerprint density at radius 2 is 2.07 bits per heavy atom. The summed E-state index contributed by atoms with van der Waals surface area (Å²) in [5.74, 6) is -0.461. The fourth-order valence-corrected chi connectivity index (χ4v) is 1.50. The standard InChI is InChI=1S/C11H15NO3/c1-2-3-8-9(13)5-4-7(11(8)15)6-10(12)14/h4-5,13,15H,2-3,6H2,1H3,(H2,12,14). The average Bonchev–Trinajstić information content (AvgIpc) is 2.16. The van der Waals surface area contributed by atoms with E-state index in [4.69, 9.17) is 5.73 Å². The quantitative estimate of drug-likeness (QED) is 0.693. The number of benzene rings is 1. The van der Waals surface area contributed by atoms with E-state index in [1.807, 2.05) is 6.92 Å². The summed E-state index contributed by atoms with van der Waals surface area (Å²) in [6.45, 7) is 1.94. The Hall–Kier alpha value is -1.71. The number of amides is 1. The number of primary amides is 1. The van der Waals surface area contributed by atoms with Crippen LogP contribution in [0.1, 0.15) is 24.5 Å². The predicted molar refractivity (Wildman–Crippen MR) is 56.7 cm³/mol. The molecule has 0 saturated carbocycles. The smallest absolute Gasteiger partial charge is 0.221 e. The van der Waals surface area contributed by atoms with Gasteiger partial charge in [0.15, 0.2) is 0 Å². The van der Waals surface area contributed by atoms with Crippen molar-refractivity contribution in [3.63, 3.8) is 0 Å². The molecule has 0 aliphatic rings. The zero-order valence-corrected chi connectivity index (χ0v) is 8.66. The van der Waals surface area contributed by atoms with Crippen LogP contribution in [0.15, 0.2) is 12.1 Å². The summed E-state index contributed by atoms with van der Waals surface area (Å²) >= 11 is 0. The normalized spacial score (nSPS) is 10.2. The molecule has 0 saturated heterocycles. The number of phenols is 2. The van der Waals surface area contributed by atoms with Gasteiger partial charge >= 0.3 is 0 Å². The minimum Gasteiger partial charge on any atom is -0.508 e. The third-order valence-electron chi connectivity index (χ3n) is 2.21. The minimum atomic E-state index is -0.501. The predicted octanol–water partition coefficient (Wildman–Crippen LogP) is 1.08. The fraction of sp³-hybridized carbons (Fsp3) is 0.364. The highest BCUT2D eigenvalue weighted by Gasteiger charge is 2.12. The molecule has 0 aromatic heterocycles. The van der Waals surface area contributed by atoms with Gasteiger partial charge in [0.1, 0.15) is 11.5 Å². The third kappa shape index (κ3) is 2.62. The van der Waals surface area contributed by atoms with E-state index in [-0.39, 0.29) is 17.9 Å². The maximum absolute atomic E-state index is 10.7. The Morgan fingerprint density at radius 3 is 2.60 bits per heavy atom. The van der Waals surface area contributed by atoms with Crippen LogP contribution in [0.25, 0.3) is 0 Å². The zero-order chi connectivity index (χ0) is 11.4. The SMILES string of the molecule is CCCc1c(O)ccc(CC(N)=O)c1O. The van der Waals surface area contributed by atoms with Crippen molar-refractivity contribution in [2.24, 2.45) is 5.73 Å². The molecule has 0 bridgehead atoms. The fourth-order valence-electron chi connectivity index (χ4n) is 1.50. The summed E-state index contributed by atoms with van der Waals surface area (Å²) in [6.07, 6.45) is 1.37. The van der Waals surface area contributed by atoms with E-state index in [0.29, 0.717) is 17.5 Å². The van der Waals surface area contributed by atoms with Crippen LogP contribution in [0.2, 0.25) is 0 Å². The van der Waals surface area contributed by atoms with Crippen molar-refractivity contribution in [1.29, 1.82) is 0 Å². The number of phenolic OH excluding ortho intramolecular Hbond substituents is 2. The van der Waals surface area contributed by atoms with Crippen LogP contribution < -0.4 is 5.73 Å². The van der Waals surface area contributed by atoms with Gasteiger partial charge in [0.2, 0.25) is 5.91 Å². The molecule has 1 amide bonds. The summed E-state index contributed by atoms with van der Waals surface area (Å²) in [4.78, 5) is 10.7. The maximum Gasteiger partial charge on any atom is 0.221 e. The molecule has 0 unspecified atom stereocenters. The number of hydrogen-bond acceptors (Lipinski definition) is 3. The zero-order valence-electron chi connectivity index (χ0n) is 8.66. The minimum absolute atomic E-state index is 0.0111. The van der Waals surface area contributed by atoms with E-state index in [2.05, 4.69) is 0 Å². The molecule has 1 rings (SSSR count). The molecule has 4 heteroatoms. The largest absolute Gasteiger partial charge is 0.508 e. The van der Waals surface area contributed by atoms with Gasteiger partial charge in [-0.15, -0.1) is 0 Å². The van der Waals surface area contributed by atoms with Crippen molar-refractivity contribution in [3.8, 4) is 11.5 Å². The molecular formula is C11H15NO3. The van der Waals surface area contributed by atoms with E-state index in [1.54, 1.807) is 0 Å². The van der Waals surface area contributed by atoms with Gasteiger partial charge in [0.25, 0.3) is 0 Å². The van der Waals surface area contributed by atoms with Gasteiger partial charge in [-0.25, -0.2) is 0 Å². The van der Waals surface area contributed by atoms with E-state index >= 15 is 0 Å². The first-order valence-electron chi connectivity index (χ1n) is 4.87. The first-order chi connectivity index (χ1) is 7.06. The molecule has 15 heavy (non-hydrogen) atoms. The van der Waals surface area contributed by atoms with Crippen molar-refractivity contribution in [2.75, 3.05) is 0 Å². The number of carbonyl (C=O) groups is 1. The molecule has 0 spiro atoms. The van der Waals surface area contributed by atoms with Gasteiger partial charge in [-0.2, -0.15) is 0 Å². The monoisotopic (exact) mass is 209 g/mol. The highest BCUT2D eigenvalue weighted by atomic mass is 16.3. The average molecular weight is 209 g/mol. The van der Waals surface area contributed by atoms with Crippen molar-refractivity contribution in [2.45, 2.75) is 26.2 Å². The van der Waals surface area contributed by atoms with E-state index in [0.717, 1.165) is 6.42 Å². The molecule has 82 valence electrons. The molecule has 0 fully saturated rings. The lowest BCUT2D eigenvalue weighted by Gasteiger charge is -2.09. The van der Waals surface area contributed by atoms with Gasteiger partial charge < -0.3 is 15.9 Å². The second-order valence-electron chi connectivity index (χ2n) is 3.46. The molecule has 0 atom stereocenters. The Kier molecular flexibility index (Phi) is 3.55. The number of hydrogen-bond donors (Lipinski definition) is 3. The van der Waals surface area contributed by atoms with E-state index < -0.39 is 5.91 Å².